The molecule has 0 N–H and O–H groups in total. The maximum absolute atomic E-state index is 13.2. The molecule has 0 bridgehead atoms. The summed E-state index contributed by atoms with van der Waals surface area (Å²) in [6.07, 6.45) is 7.70. The van der Waals surface area contributed by atoms with Crippen molar-refractivity contribution in [2.24, 2.45) is 0 Å². The van der Waals surface area contributed by atoms with Gasteiger partial charge in [-0.1, -0.05) is 0 Å². The van der Waals surface area contributed by atoms with Gasteiger partial charge in [-0.05, 0) is 67.1 Å². The first-order valence-electron chi connectivity index (χ1n) is 9.35. The standard InChI is InChI=1S/C21H24N2O3/c24-21(18-5-6-20-17(13-18)3-1-12-26-20)23(15-19-4-2-11-25-19)14-16-7-9-22-10-8-16/h5-10,13,19H,1-4,11-12,14-15H2. The number of nitrogens with zero attached hydrogens (tertiary/aromatic N) is 2. The van der Waals surface area contributed by atoms with Gasteiger partial charge in [-0.25, -0.2) is 0 Å². The highest BCUT2D eigenvalue weighted by molar-refractivity contribution is 5.94. The highest BCUT2D eigenvalue weighted by Crippen LogP contribution is 2.26. The Bertz CT molecular complexity index is 757. The van der Waals surface area contributed by atoms with Crippen LogP contribution in [-0.2, 0) is 17.7 Å². The number of rotatable bonds is 5. The maximum atomic E-state index is 13.2. The lowest BCUT2D eigenvalue weighted by molar-refractivity contribution is 0.0507. The van der Waals surface area contributed by atoms with Crippen LogP contribution in [0.15, 0.2) is 42.7 Å². The van der Waals surface area contributed by atoms with Crippen LogP contribution in [-0.4, -0.2) is 41.7 Å². The first-order valence-corrected chi connectivity index (χ1v) is 9.35. The number of carbonyl (C=O) groups is 1. The molecule has 1 aromatic carbocycles. The number of amides is 1. The Morgan fingerprint density at radius 1 is 1.15 bits per heavy atom. The van der Waals surface area contributed by atoms with E-state index in [1.165, 1.54) is 0 Å². The van der Waals surface area contributed by atoms with Crippen molar-refractivity contribution >= 4 is 5.91 Å². The van der Waals surface area contributed by atoms with Crippen LogP contribution in [0.4, 0.5) is 0 Å². The van der Waals surface area contributed by atoms with Gasteiger partial charge in [-0.2, -0.15) is 0 Å². The highest BCUT2D eigenvalue weighted by Gasteiger charge is 2.24. The normalized spacial score (nSPS) is 18.8. The van der Waals surface area contributed by atoms with Crippen molar-refractivity contribution in [1.29, 1.82) is 0 Å². The number of hydrogen-bond donors (Lipinski definition) is 0. The molecule has 2 aliphatic rings. The van der Waals surface area contributed by atoms with Gasteiger partial charge in [0, 0.05) is 37.7 Å². The predicted molar refractivity (Wildman–Crippen MR) is 98.2 cm³/mol. The summed E-state index contributed by atoms with van der Waals surface area (Å²) < 4.78 is 11.4. The Morgan fingerprint density at radius 2 is 2.04 bits per heavy atom. The minimum atomic E-state index is 0.0469. The average Bonchev–Trinajstić information content (AvgIpc) is 3.20. The molecule has 1 fully saturated rings. The van der Waals surface area contributed by atoms with Crippen molar-refractivity contribution in [1.82, 2.24) is 9.88 Å². The van der Waals surface area contributed by atoms with E-state index >= 15 is 0 Å². The van der Waals surface area contributed by atoms with Gasteiger partial charge in [-0.15, -0.1) is 0 Å². The van der Waals surface area contributed by atoms with Crippen LogP contribution in [0.5, 0.6) is 5.75 Å². The van der Waals surface area contributed by atoms with Gasteiger partial charge in [0.05, 0.1) is 12.7 Å². The zero-order chi connectivity index (χ0) is 17.8. The molecule has 0 spiro atoms. The third kappa shape index (κ3) is 3.88. The summed E-state index contributed by atoms with van der Waals surface area (Å²) in [5.41, 5.74) is 2.93. The number of benzene rings is 1. The number of carbonyl (C=O) groups excluding carboxylic acids is 1. The van der Waals surface area contributed by atoms with E-state index in [2.05, 4.69) is 4.98 Å². The summed E-state index contributed by atoms with van der Waals surface area (Å²) in [4.78, 5) is 19.2. The molecule has 136 valence electrons. The Balaban J connectivity index is 1.56. The number of hydrogen-bond acceptors (Lipinski definition) is 4. The molecule has 4 rings (SSSR count). The lowest BCUT2D eigenvalue weighted by Crippen LogP contribution is -2.37. The molecule has 2 aromatic rings. The molecule has 3 heterocycles. The van der Waals surface area contributed by atoms with Crippen molar-refractivity contribution in [2.45, 2.75) is 38.3 Å². The summed E-state index contributed by atoms with van der Waals surface area (Å²) in [5.74, 6) is 0.957. The Morgan fingerprint density at radius 3 is 2.85 bits per heavy atom. The summed E-state index contributed by atoms with van der Waals surface area (Å²) in [7, 11) is 0. The minimum absolute atomic E-state index is 0.0469. The van der Waals surface area contributed by atoms with Crippen LogP contribution < -0.4 is 4.74 Å². The van der Waals surface area contributed by atoms with Gasteiger partial charge in [0.1, 0.15) is 5.75 Å². The van der Waals surface area contributed by atoms with Gasteiger partial charge in [0.25, 0.3) is 5.91 Å². The molecule has 1 aromatic heterocycles. The summed E-state index contributed by atoms with van der Waals surface area (Å²) >= 11 is 0. The average molecular weight is 352 g/mol. The molecule has 2 aliphatic heterocycles. The number of pyridine rings is 1. The van der Waals surface area contributed by atoms with Gasteiger partial charge in [-0.3, -0.25) is 9.78 Å². The molecule has 1 amide bonds. The third-order valence-corrected chi connectivity index (χ3v) is 5.01. The fraction of sp³-hybridized carbons (Fsp3) is 0.429. The largest absolute Gasteiger partial charge is 0.493 e. The van der Waals surface area contributed by atoms with Gasteiger partial charge >= 0.3 is 0 Å². The summed E-state index contributed by atoms with van der Waals surface area (Å²) in [6.45, 7) is 2.73. The molecule has 1 atom stereocenters. The SMILES string of the molecule is O=C(c1ccc2c(c1)CCCO2)N(Cc1ccncc1)CC1CCCO1. The van der Waals surface area contributed by atoms with Gasteiger partial charge in [0.2, 0.25) is 0 Å². The van der Waals surface area contributed by atoms with Crippen LogP contribution >= 0.6 is 0 Å². The topological polar surface area (TPSA) is 51.7 Å². The van der Waals surface area contributed by atoms with Crippen molar-refractivity contribution in [3.63, 3.8) is 0 Å². The second-order valence-electron chi connectivity index (χ2n) is 6.95. The molecule has 26 heavy (non-hydrogen) atoms. The molecule has 0 radical (unpaired) electrons. The van der Waals surface area contributed by atoms with E-state index in [-0.39, 0.29) is 12.0 Å². The Labute approximate surface area is 153 Å². The number of aryl methyl sites for hydroxylation is 1. The number of aromatic nitrogens is 1. The third-order valence-electron chi connectivity index (χ3n) is 5.01. The monoisotopic (exact) mass is 352 g/mol. The zero-order valence-electron chi connectivity index (χ0n) is 14.9. The first kappa shape index (κ1) is 17.0. The summed E-state index contributed by atoms with van der Waals surface area (Å²) in [5, 5.41) is 0. The fourth-order valence-electron chi connectivity index (χ4n) is 3.64. The van der Waals surface area contributed by atoms with Crippen molar-refractivity contribution in [3.05, 3.63) is 59.4 Å². The second kappa shape index (κ2) is 7.87. The van der Waals surface area contributed by atoms with Crippen LogP contribution in [0.2, 0.25) is 0 Å². The number of ether oxygens (including phenoxy) is 2. The van der Waals surface area contributed by atoms with E-state index in [0.29, 0.717) is 13.1 Å². The quantitative estimate of drug-likeness (QED) is 0.829. The molecule has 5 heteroatoms. The van der Waals surface area contributed by atoms with Crippen LogP contribution in [0.1, 0.15) is 40.7 Å². The van der Waals surface area contributed by atoms with Crippen LogP contribution in [0, 0.1) is 0 Å². The van der Waals surface area contributed by atoms with E-state index in [4.69, 9.17) is 9.47 Å². The van der Waals surface area contributed by atoms with E-state index in [1.807, 2.05) is 35.2 Å². The maximum Gasteiger partial charge on any atom is 0.254 e. The predicted octanol–water partition coefficient (Wildman–Crippen LogP) is 3.23. The van der Waals surface area contributed by atoms with Crippen molar-refractivity contribution < 1.29 is 14.3 Å². The van der Waals surface area contributed by atoms with Crippen LogP contribution in [0.25, 0.3) is 0 Å². The smallest absolute Gasteiger partial charge is 0.254 e. The minimum Gasteiger partial charge on any atom is -0.493 e. The highest BCUT2D eigenvalue weighted by atomic mass is 16.5. The van der Waals surface area contributed by atoms with Gasteiger partial charge < -0.3 is 14.4 Å². The number of fused-ring (bicyclic) bond motifs is 1. The van der Waals surface area contributed by atoms with E-state index < -0.39 is 0 Å². The fourth-order valence-corrected chi connectivity index (χ4v) is 3.64. The van der Waals surface area contributed by atoms with Crippen molar-refractivity contribution in [3.8, 4) is 5.75 Å². The molecule has 1 unspecified atom stereocenters. The Hall–Kier alpha value is -2.40. The summed E-state index contributed by atoms with van der Waals surface area (Å²) in [6, 6.07) is 9.71. The zero-order valence-corrected chi connectivity index (χ0v) is 14.9. The van der Waals surface area contributed by atoms with Crippen molar-refractivity contribution in [2.75, 3.05) is 19.8 Å². The van der Waals surface area contributed by atoms with Crippen LogP contribution in [0.3, 0.4) is 0 Å². The lowest BCUT2D eigenvalue weighted by atomic mass is 10.0. The lowest BCUT2D eigenvalue weighted by Gasteiger charge is -2.26. The molecular weight excluding hydrogens is 328 g/mol. The van der Waals surface area contributed by atoms with E-state index in [9.17, 15) is 4.79 Å². The van der Waals surface area contributed by atoms with E-state index in [0.717, 1.165) is 61.3 Å². The molecular formula is C21H24N2O3. The second-order valence-corrected chi connectivity index (χ2v) is 6.95. The Kier molecular flexibility index (Phi) is 5.16. The van der Waals surface area contributed by atoms with E-state index in [1.54, 1.807) is 12.4 Å². The molecule has 0 saturated carbocycles. The first-order chi connectivity index (χ1) is 12.8. The molecule has 1 saturated heterocycles. The molecule has 0 aliphatic carbocycles. The van der Waals surface area contributed by atoms with Gasteiger partial charge in [0.15, 0.2) is 0 Å². The molecule has 5 nitrogen and oxygen atoms in total.